The van der Waals surface area contributed by atoms with E-state index in [0.29, 0.717) is 17.6 Å². The van der Waals surface area contributed by atoms with E-state index in [1.165, 1.54) is 19.3 Å². The highest BCUT2D eigenvalue weighted by Crippen LogP contribution is 2.42. The summed E-state index contributed by atoms with van der Waals surface area (Å²) in [7, 11) is 0. The molecule has 0 aromatic carbocycles. The van der Waals surface area contributed by atoms with Crippen molar-refractivity contribution < 1.29 is 4.79 Å². The number of carbonyl (C=O) groups is 1. The molecule has 0 radical (unpaired) electrons. The predicted octanol–water partition coefficient (Wildman–Crippen LogP) is 2.01. The van der Waals surface area contributed by atoms with Crippen LogP contribution in [0.15, 0.2) is 0 Å². The smallest absolute Gasteiger partial charge is 0.136 e. The molecule has 3 fully saturated rings. The normalized spacial score (nSPS) is 46.1. The third kappa shape index (κ3) is 0.799. The monoisotopic (exact) mass is 138 g/mol. The molecule has 2 bridgehead atoms. The fourth-order valence-electron chi connectivity index (χ4n) is 2.61. The first-order valence-electron chi connectivity index (χ1n) is 4.30. The molecule has 10 heavy (non-hydrogen) atoms. The molecule has 0 aromatic rings. The van der Waals surface area contributed by atoms with E-state index in [1.54, 1.807) is 0 Å². The first kappa shape index (κ1) is 6.38. The van der Waals surface area contributed by atoms with Crippen LogP contribution in [0.5, 0.6) is 0 Å². The average Bonchev–Trinajstić information content (AvgIpc) is 1.86. The summed E-state index contributed by atoms with van der Waals surface area (Å²) in [6, 6.07) is 0. The molecule has 1 heteroatoms. The summed E-state index contributed by atoms with van der Waals surface area (Å²) >= 11 is 0. The number of rotatable bonds is 0. The fourth-order valence-corrected chi connectivity index (χ4v) is 2.61. The number of hydrogen-bond donors (Lipinski definition) is 0. The Morgan fingerprint density at radius 3 is 2.60 bits per heavy atom. The summed E-state index contributed by atoms with van der Waals surface area (Å²) in [5.41, 5.74) is 0. The van der Waals surface area contributed by atoms with Crippen molar-refractivity contribution >= 4 is 5.78 Å². The molecule has 0 spiro atoms. The van der Waals surface area contributed by atoms with E-state index >= 15 is 0 Å². The summed E-state index contributed by atoms with van der Waals surface area (Å²) < 4.78 is 0. The molecular weight excluding hydrogens is 124 g/mol. The van der Waals surface area contributed by atoms with Crippen LogP contribution in [-0.2, 0) is 4.79 Å². The summed E-state index contributed by atoms with van der Waals surface area (Å²) in [5, 5.41) is 0. The minimum atomic E-state index is 0.449. The molecule has 0 aliphatic heterocycles. The lowest BCUT2D eigenvalue weighted by Crippen LogP contribution is -2.37. The number of fused-ring (bicyclic) bond motifs is 3. The van der Waals surface area contributed by atoms with Crippen molar-refractivity contribution in [3.8, 4) is 0 Å². The van der Waals surface area contributed by atoms with Gasteiger partial charge in [0.05, 0.1) is 0 Å². The molecular formula is C9H14O. The maximum absolute atomic E-state index is 11.3. The van der Waals surface area contributed by atoms with Crippen LogP contribution in [0.4, 0.5) is 0 Å². The zero-order chi connectivity index (χ0) is 7.14. The molecule has 3 aliphatic carbocycles. The Morgan fingerprint density at radius 1 is 1.40 bits per heavy atom. The van der Waals surface area contributed by atoms with Gasteiger partial charge in [-0.05, 0) is 31.1 Å². The van der Waals surface area contributed by atoms with Gasteiger partial charge in [0.15, 0.2) is 0 Å². The molecule has 3 saturated carbocycles. The highest BCUT2D eigenvalue weighted by molar-refractivity contribution is 5.83. The van der Waals surface area contributed by atoms with Gasteiger partial charge in [-0.1, -0.05) is 6.92 Å². The Bertz CT molecular complexity index is 162. The molecule has 56 valence electrons. The van der Waals surface area contributed by atoms with Crippen molar-refractivity contribution in [3.05, 3.63) is 0 Å². The molecule has 1 nitrogen and oxygen atoms in total. The number of hydrogen-bond acceptors (Lipinski definition) is 1. The largest absolute Gasteiger partial charge is 0.299 e. The van der Waals surface area contributed by atoms with Crippen LogP contribution in [-0.4, -0.2) is 5.78 Å². The van der Waals surface area contributed by atoms with Crippen molar-refractivity contribution in [2.24, 2.45) is 17.8 Å². The molecule has 3 atom stereocenters. The summed E-state index contributed by atoms with van der Waals surface area (Å²) in [4.78, 5) is 11.3. The van der Waals surface area contributed by atoms with E-state index in [9.17, 15) is 4.79 Å². The van der Waals surface area contributed by atoms with E-state index in [4.69, 9.17) is 0 Å². The van der Waals surface area contributed by atoms with E-state index in [-0.39, 0.29) is 0 Å². The highest BCUT2D eigenvalue weighted by atomic mass is 16.1. The molecule has 0 N–H and O–H groups in total. The lowest BCUT2D eigenvalue weighted by molar-refractivity contribution is -0.131. The van der Waals surface area contributed by atoms with Gasteiger partial charge in [-0.15, -0.1) is 0 Å². The van der Waals surface area contributed by atoms with Gasteiger partial charge in [-0.3, -0.25) is 4.79 Å². The van der Waals surface area contributed by atoms with E-state index in [2.05, 4.69) is 6.92 Å². The Morgan fingerprint density at radius 2 is 2.20 bits per heavy atom. The zero-order valence-corrected chi connectivity index (χ0v) is 6.47. The van der Waals surface area contributed by atoms with Crippen molar-refractivity contribution in [2.75, 3.05) is 0 Å². The summed E-state index contributed by atoms with van der Waals surface area (Å²) in [6.45, 7) is 2.23. The Hall–Kier alpha value is -0.330. The second-order valence-electron chi connectivity index (χ2n) is 3.93. The average molecular weight is 138 g/mol. The molecule has 0 saturated heterocycles. The Labute approximate surface area is 61.8 Å². The lowest BCUT2D eigenvalue weighted by atomic mass is 9.65. The van der Waals surface area contributed by atoms with Gasteiger partial charge in [0, 0.05) is 12.3 Å². The maximum atomic E-state index is 11.3. The van der Waals surface area contributed by atoms with E-state index in [0.717, 1.165) is 12.3 Å². The Kier molecular flexibility index (Phi) is 1.33. The van der Waals surface area contributed by atoms with E-state index in [1.807, 2.05) is 0 Å². The molecule has 3 aliphatic rings. The van der Waals surface area contributed by atoms with Crippen molar-refractivity contribution in [2.45, 2.75) is 32.6 Å². The van der Waals surface area contributed by atoms with Crippen LogP contribution in [0.1, 0.15) is 32.6 Å². The van der Waals surface area contributed by atoms with Gasteiger partial charge in [0.25, 0.3) is 0 Å². The molecule has 0 aromatic heterocycles. The summed E-state index contributed by atoms with van der Waals surface area (Å²) in [6.07, 6.45) is 4.72. The van der Waals surface area contributed by atoms with Crippen LogP contribution in [0.2, 0.25) is 0 Å². The van der Waals surface area contributed by atoms with Crippen LogP contribution in [0, 0.1) is 17.8 Å². The molecule has 3 unspecified atom stereocenters. The van der Waals surface area contributed by atoms with Gasteiger partial charge in [-0.2, -0.15) is 0 Å². The Balaban J connectivity index is 2.18. The van der Waals surface area contributed by atoms with Crippen molar-refractivity contribution in [1.82, 2.24) is 0 Å². The molecule has 0 heterocycles. The lowest BCUT2D eigenvalue weighted by Gasteiger charge is -2.39. The van der Waals surface area contributed by atoms with Crippen LogP contribution in [0.3, 0.4) is 0 Å². The minimum Gasteiger partial charge on any atom is -0.299 e. The highest BCUT2D eigenvalue weighted by Gasteiger charge is 2.38. The third-order valence-corrected chi connectivity index (χ3v) is 3.18. The standard InChI is InChI=1S/C9H14O/c1-6-4-7-2-3-8(6)9(10)5-7/h6-8H,2-5H2,1H3. The van der Waals surface area contributed by atoms with Gasteiger partial charge < -0.3 is 0 Å². The summed E-state index contributed by atoms with van der Waals surface area (Å²) in [5.74, 6) is 2.45. The van der Waals surface area contributed by atoms with Crippen LogP contribution >= 0.6 is 0 Å². The van der Waals surface area contributed by atoms with Crippen LogP contribution in [0.25, 0.3) is 0 Å². The first-order chi connectivity index (χ1) is 4.77. The molecule has 0 amide bonds. The maximum Gasteiger partial charge on any atom is 0.136 e. The van der Waals surface area contributed by atoms with Crippen LogP contribution < -0.4 is 0 Å². The second kappa shape index (κ2) is 2.08. The van der Waals surface area contributed by atoms with Crippen molar-refractivity contribution in [3.63, 3.8) is 0 Å². The number of ketones is 1. The second-order valence-corrected chi connectivity index (χ2v) is 3.93. The quantitative estimate of drug-likeness (QED) is 0.500. The fraction of sp³-hybridized carbons (Fsp3) is 0.889. The van der Waals surface area contributed by atoms with Gasteiger partial charge >= 0.3 is 0 Å². The van der Waals surface area contributed by atoms with Crippen molar-refractivity contribution in [1.29, 1.82) is 0 Å². The van der Waals surface area contributed by atoms with Gasteiger partial charge in [-0.25, -0.2) is 0 Å². The zero-order valence-electron chi connectivity index (χ0n) is 6.47. The van der Waals surface area contributed by atoms with E-state index < -0.39 is 0 Å². The topological polar surface area (TPSA) is 17.1 Å². The predicted molar refractivity (Wildman–Crippen MR) is 39.6 cm³/mol. The minimum absolute atomic E-state index is 0.449. The van der Waals surface area contributed by atoms with Gasteiger partial charge in [0.2, 0.25) is 0 Å². The van der Waals surface area contributed by atoms with Gasteiger partial charge in [0.1, 0.15) is 5.78 Å². The third-order valence-electron chi connectivity index (χ3n) is 3.18. The first-order valence-corrected chi connectivity index (χ1v) is 4.30. The SMILES string of the molecule is CC1CC2CCC1C(=O)C2. The number of carbonyl (C=O) groups excluding carboxylic acids is 1. The number of Topliss-reactive ketones (excluding diaryl/α,β-unsaturated/α-hetero) is 1. The molecule has 3 rings (SSSR count).